The molecule has 10 heteroatoms. The topological polar surface area (TPSA) is 110 Å². The Balaban J connectivity index is 1.50. The zero-order valence-corrected chi connectivity index (χ0v) is 21.3. The average Bonchev–Trinajstić information content (AvgIpc) is 3.30. The summed E-state index contributed by atoms with van der Waals surface area (Å²) < 4.78 is 6.19. The van der Waals surface area contributed by atoms with Crippen LogP contribution in [-0.4, -0.2) is 33.9 Å². The van der Waals surface area contributed by atoms with Crippen LogP contribution in [0.3, 0.4) is 0 Å². The van der Waals surface area contributed by atoms with Gasteiger partial charge in [-0.3, -0.25) is 19.1 Å². The SMILES string of the molecule is CCCCOC(=O)c1cc(NC(=O)Cn2c(O)c(C=C3C(C)=Nc4ccccc43)sc2=O)ccc1Cl. The number of carbonyl (C=O) groups is 2. The molecule has 1 aliphatic rings. The first-order valence-corrected chi connectivity index (χ1v) is 12.5. The van der Waals surface area contributed by atoms with Gasteiger partial charge in [0.15, 0.2) is 0 Å². The third kappa shape index (κ3) is 5.42. The number of aliphatic imine (C=N–C) groups is 1. The number of thiazole rings is 1. The molecule has 0 atom stereocenters. The van der Waals surface area contributed by atoms with Crippen LogP contribution in [0.4, 0.5) is 11.4 Å². The number of anilines is 1. The minimum Gasteiger partial charge on any atom is -0.493 e. The van der Waals surface area contributed by atoms with Crippen molar-refractivity contribution in [2.75, 3.05) is 11.9 Å². The van der Waals surface area contributed by atoms with Gasteiger partial charge in [0.25, 0.3) is 0 Å². The molecule has 2 N–H and O–H groups in total. The van der Waals surface area contributed by atoms with Crippen LogP contribution in [0.15, 0.2) is 52.3 Å². The van der Waals surface area contributed by atoms with Gasteiger partial charge in [-0.1, -0.05) is 54.5 Å². The number of aromatic nitrogens is 1. The number of aromatic hydroxyl groups is 1. The number of hydrogen-bond donors (Lipinski definition) is 2. The van der Waals surface area contributed by atoms with E-state index in [9.17, 15) is 19.5 Å². The zero-order valence-electron chi connectivity index (χ0n) is 19.7. The molecule has 0 aliphatic carbocycles. The molecule has 0 saturated carbocycles. The highest BCUT2D eigenvalue weighted by Gasteiger charge is 2.21. The Kier molecular flexibility index (Phi) is 7.71. The van der Waals surface area contributed by atoms with Crippen molar-refractivity contribution in [1.82, 2.24) is 4.57 Å². The number of hydrogen-bond acceptors (Lipinski definition) is 7. The van der Waals surface area contributed by atoms with Gasteiger partial charge < -0.3 is 15.2 Å². The summed E-state index contributed by atoms with van der Waals surface area (Å²) in [7, 11) is 0. The van der Waals surface area contributed by atoms with Crippen LogP contribution < -0.4 is 10.2 Å². The first kappa shape index (κ1) is 25.4. The number of allylic oxidation sites excluding steroid dienone is 1. The van der Waals surface area contributed by atoms with Crippen LogP contribution in [0.2, 0.25) is 5.02 Å². The van der Waals surface area contributed by atoms with Crippen LogP contribution in [0.25, 0.3) is 11.6 Å². The molecule has 0 saturated heterocycles. The fourth-order valence-corrected chi connectivity index (χ4v) is 4.71. The van der Waals surface area contributed by atoms with Crippen molar-refractivity contribution in [2.45, 2.75) is 33.2 Å². The number of unbranched alkanes of at least 4 members (excludes halogenated alkanes) is 1. The average molecular weight is 526 g/mol. The Labute approximate surface area is 216 Å². The Morgan fingerprint density at radius 1 is 1.25 bits per heavy atom. The first-order valence-electron chi connectivity index (χ1n) is 11.3. The predicted molar refractivity (Wildman–Crippen MR) is 143 cm³/mol. The van der Waals surface area contributed by atoms with Gasteiger partial charge in [-0.05, 0) is 43.7 Å². The third-order valence-corrected chi connectivity index (χ3v) is 6.79. The number of rotatable bonds is 8. The van der Waals surface area contributed by atoms with Crippen molar-refractivity contribution in [3.8, 4) is 5.88 Å². The lowest BCUT2D eigenvalue weighted by molar-refractivity contribution is -0.116. The summed E-state index contributed by atoms with van der Waals surface area (Å²) in [5.74, 6) is -1.44. The van der Waals surface area contributed by atoms with Gasteiger partial charge in [-0.25, -0.2) is 4.79 Å². The number of carbonyl (C=O) groups excluding carboxylic acids is 2. The van der Waals surface area contributed by atoms with Gasteiger partial charge >= 0.3 is 10.8 Å². The molecule has 1 aliphatic heterocycles. The highest BCUT2D eigenvalue weighted by molar-refractivity contribution is 7.10. The number of benzene rings is 2. The van der Waals surface area contributed by atoms with E-state index in [0.717, 1.165) is 51.3 Å². The summed E-state index contributed by atoms with van der Waals surface area (Å²) in [4.78, 5) is 41.9. The van der Waals surface area contributed by atoms with Gasteiger partial charge in [-0.2, -0.15) is 0 Å². The van der Waals surface area contributed by atoms with E-state index in [1.807, 2.05) is 38.1 Å². The predicted octanol–water partition coefficient (Wildman–Crippen LogP) is 5.51. The molecule has 0 bridgehead atoms. The van der Waals surface area contributed by atoms with E-state index >= 15 is 0 Å². The van der Waals surface area contributed by atoms with E-state index in [4.69, 9.17) is 16.3 Å². The molecule has 0 unspecified atom stereocenters. The molecule has 2 aromatic carbocycles. The fourth-order valence-electron chi connectivity index (χ4n) is 3.69. The van der Waals surface area contributed by atoms with Gasteiger partial charge in [0.2, 0.25) is 11.8 Å². The summed E-state index contributed by atoms with van der Waals surface area (Å²) in [6.07, 6.45) is 3.32. The Hall–Kier alpha value is -3.69. The summed E-state index contributed by atoms with van der Waals surface area (Å²) >= 11 is 6.96. The number of halogens is 1. The lowest BCUT2D eigenvalue weighted by Gasteiger charge is -2.10. The molecule has 0 spiro atoms. The van der Waals surface area contributed by atoms with Crippen molar-refractivity contribution in [1.29, 1.82) is 0 Å². The molecule has 1 aromatic heterocycles. The van der Waals surface area contributed by atoms with E-state index in [0.29, 0.717) is 10.6 Å². The maximum Gasteiger partial charge on any atom is 0.339 e. The van der Waals surface area contributed by atoms with E-state index in [-0.39, 0.29) is 23.1 Å². The minimum absolute atomic E-state index is 0.129. The Morgan fingerprint density at radius 3 is 2.81 bits per heavy atom. The van der Waals surface area contributed by atoms with Gasteiger partial charge in [-0.15, -0.1) is 0 Å². The first-order chi connectivity index (χ1) is 17.3. The molecule has 0 fully saturated rings. The molecule has 36 heavy (non-hydrogen) atoms. The van der Waals surface area contributed by atoms with E-state index in [2.05, 4.69) is 10.3 Å². The smallest absolute Gasteiger partial charge is 0.339 e. The van der Waals surface area contributed by atoms with Gasteiger partial charge in [0.05, 0.1) is 27.8 Å². The quantitative estimate of drug-likeness (QED) is 0.297. The van der Waals surface area contributed by atoms with Crippen LogP contribution in [0.1, 0.15) is 47.5 Å². The van der Waals surface area contributed by atoms with Crippen molar-refractivity contribution in [2.24, 2.45) is 4.99 Å². The number of para-hydroxylation sites is 1. The molecule has 186 valence electrons. The highest BCUT2D eigenvalue weighted by Crippen LogP contribution is 2.37. The molecule has 0 radical (unpaired) electrons. The van der Waals surface area contributed by atoms with E-state index < -0.39 is 23.3 Å². The standard InChI is InChI=1S/C26H24ClN3O5S/c1-3-4-11-35-25(33)19-12-16(9-10-20(19)27)29-23(31)14-30-24(32)22(36-26(30)34)13-18-15(2)28-21-8-6-5-7-17(18)21/h5-10,12-13,32H,3-4,11,14H2,1-2H3,(H,29,31). The number of nitrogens with one attached hydrogen (secondary N) is 1. The van der Waals surface area contributed by atoms with Gasteiger partial charge in [0, 0.05) is 22.5 Å². The van der Waals surface area contributed by atoms with Gasteiger partial charge in [0.1, 0.15) is 6.54 Å². The molecule has 8 nitrogen and oxygen atoms in total. The number of ether oxygens (including phenoxy) is 1. The maximum atomic E-state index is 12.7. The van der Waals surface area contributed by atoms with Crippen molar-refractivity contribution >= 4 is 63.5 Å². The Morgan fingerprint density at radius 2 is 2.03 bits per heavy atom. The normalized spacial score (nSPS) is 13.4. The minimum atomic E-state index is -0.582. The number of esters is 1. The molecular weight excluding hydrogens is 502 g/mol. The van der Waals surface area contributed by atoms with Crippen molar-refractivity contribution < 1.29 is 19.4 Å². The van der Waals surface area contributed by atoms with Crippen LogP contribution in [-0.2, 0) is 16.1 Å². The lowest BCUT2D eigenvalue weighted by Crippen LogP contribution is -2.24. The van der Waals surface area contributed by atoms with Crippen LogP contribution >= 0.6 is 22.9 Å². The summed E-state index contributed by atoms with van der Waals surface area (Å²) in [5.41, 5.74) is 3.75. The molecule has 4 rings (SSSR count). The molecule has 2 heterocycles. The third-order valence-electron chi connectivity index (χ3n) is 5.54. The number of nitrogens with zero attached hydrogens (tertiary/aromatic N) is 2. The van der Waals surface area contributed by atoms with Crippen LogP contribution in [0, 0.1) is 0 Å². The summed E-state index contributed by atoms with van der Waals surface area (Å²) in [5, 5.41) is 13.5. The van der Waals surface area contributed by atoms with E-state index in [1.54, 1.807) is 6.08 Å². The summed E-state index contributed by atoms with van der Waals surface area (Å²) in [6.45, 7) is 3.71. The fraction of sp³-hybridized carbons (Fsp3) is 0.231. The summed E-state index contributed by atoms with van der Waals surface area (Å²) in [6, 6.07) is 12.0. The van der Waals surface area contributed by atoms with E-state index in [1.165, 1.54) is 18.2 Å². The highest BCUT2D eigenvalue weighted by atomic mass is 35.5. The zero-order chi connectivity index (χ0) is 25.8. The second kappa shape index (κ2) is 10.9. The second-order valence-corrected chi connectivity index (χ2v) is 9.55. The number of fused-ring (bicyclic) bond motifs is 1. The Bertz CT molecular complexity index is 1450. The number of amides is 1. The largest absolute Gasteiger partial charge is 0.493 e. The molecule has 3 aromatic rings. The molecule has 1 amide bonds. The second-order valence-electron chi connectivity index (χ2n) is 8.15. The van der Waals surface area contributed by atoms with Crippen molar-refractivity contribution in [3.63, 3.8) is 0 Å². The monoisotopic (exact) mass is 525 g/mol. The molecular formula is C26H24ClN3O5S. The van der Waals surface area contributed by atoms with Crippen LogP contribution in [0.5, 0.6) is 5.88 Å². The maximum absolute atomic E-state index is 12.7. The lowest BCUT2D eigenvalue weighted by atomic mass is 10.0. The van der Waals surface area contributed by atoms with Crippen molar-refractivity contribution in [3.05, 3.63) is 73.2 Å².